The third-order valence-electron chi connectivity index (χ3n) is 5.73. The van der Waals surface area contributed by atoms with Crippen LogP contribution in [-0.2, 0) is 0 Å². The van der Waals surface area contributed by atoms with Crippen LogP contribution >= 0.6 is 0 Å². The Balaban J connectivity index is 1.65. The fourth-order valence-corrected chi connectivity index (χ4v) is 4.33. The molecule has 2 aromatic heterocycles. The Bertz CT molecular complexity index is 1810. The first-order chi connectivity index (χ1) is 14.7. The molecule has 0 unspecified atom stereocenters. The van der Waals surface area contributed by atoms with Crippen molar-refractivity contribution in [1.29, 1.82) is 0 Å². The molecule has 7 aromatic rings. The number of aromatic nitrogens is 4. The number of hydrogen-bond donors (Lipinski definition) is 0. The second kappa shape index (κ2) is 5.18. The molecule has 7 rings (SSSR count). The van der Waals surface area contributed by atoms with Crippen molar-refractivity contribution < 1.29 is 0 Å². The predicted molar refractivity (Wildman–Crippen MR) is 118 cm³/mol. The molecule has 0 saturated heterocycles. The van der Waals surface area contributed by atoms with E-state index in [1.54, 1.807) is 24.3 Å². The van der Waals surface area contributed by atoms with Crippen LogP contribution in [0.15, 0.2) is 70.3 Å². The summed E-state index contributed by atoms with van der Waals surface area (Å²) >= 11 is 0. The largest absolute Gasteiger partial charge is 0.287 e. The van der Waals surface area contributed by atoms with Gasteiger partial charge in [-0.1, -0.05) is 48.5 Å². The topological polar surface area (TPSA) is 85.7 Å². The quantitative estimate of drug-likeness (QED) is 0.369. The number of benzene rings is 3. The van der Waals surface area contributed by atoms with Crippen LogP contribution < -0.4 is 10.9 Å². The highest BCUT2D eigenvalue weighted by Crippen LogP contribution is 2.27. The predicted octanol–water partition coefficient (Wildman–Crippen LogP) is 3.78. The molecule has 0 amide bonds. The van der Waals surface area contributed by atoms with Crippen LogP contribution in [0.4, 0.5) is 0 Å². The molecule has 6 nitrogen and oxygen atoms in total. The Morgan fingerprint density at radius 3 is 1.17 bits per heavy atom. The van der Waals surface area contributed by atoms with Crippen LogP contribution in [0.5, 0.6) is 0 Å². The summed E-state index contributed by atoms with van der Waals surface area (Å²) in [5.41, 5.74) is 4.04. The van der Waals surface area contributed by atoms with E-state index in [0.717, 1.165) is 10.8 Å². The van der Waals surface area contributed by atoms with Crippen molar-refractivity contribution in [2.75, 3.05) is 0 Å². The summed E-state index contributed by atoms with van der Waals surface area (Å²) in [4.78, 5) is 44.2. The second-order valence-electron chi connectivity index (χ2n) is 7.42. The van der Waals surface area contributed by atoms with Crippen LogP contribution in [0.25, 0.3) is 65.7 Å². The van der Waals surface area contributed by atoms with E-state index in [4.69, 9.17) is 9.97 Å². The highest BCUT2D eigenvalue weighted by Gasteiger charge is 2.17. The summed E-state index contributed by atoms with van der Waals surface area (Å²) in [5, 5.41) is 2.81. The van der Waals surface area contributed by atoms with Gasteiger partial charge in [-0.2, -0.15) is 0 Å². The molecular weight excluding hydrogens is 376 g/mol. The lowest BCUT2D eigenvalue weighted by molar-refractivity contribution is 1.38. The minimum Gasteiger partial charge on any atom is -0.287 e. The van der Waals surface area contributed by atoms with Crippen LogP contribution in [0.2, 0.25) is 0 Å². The van der Waals surface area contributed by atoms with Gasteiger partial charge in [-0.15, -0.1) is 0 Å². The third kappa shape index (κ3) is 1.83. The van der Waals surface area contributed by atoms with Crippen molar-refractivity contribution in [1.82, 2.24) is 19.9 Å². The van der Waals surface area contributed by atoms with Gasteiger partial charge in [0.1, 0.15) is 22.1 Å². The van der Waals surface area contributed by atoms with Gasteiger partial charge in [0.05, 0.1) is 22.1 Å². The van der Waals surface area contributed by atoms with Gasteiger partial charge in [0.2, 0.25) is 10.9 Å². The zero-order valence-corrected chi connectivity index (χ0v) is 15.4. The minimum absolute atomic E-state index is 0.116. The monoisotopic (exact) mass is 386 g/mol. The van der Waals surface area contributed by atoms with Gasteiger partial charge in [0.15, 0.2) is 0 Å². The lowest BCUT2D eigenvalue weighted by Crippen LogP contribution is -1.99. The molecule has 0 spiro atoms. The van der Waals surface area contributed by atoms with E-state index in [1.165, 1.54) is 0 Å². The van der Waals surface area contributed by atoms with Crippen molar-refractivity contribution in [2.45, 2.75) is 0 Å². The fraction of sp³-hybridized carbons (Fsp3) is 0. The van der Waals surface area contributed by atoms with E-state index in [2.05, 4.69) is 9.97 Å². The Hall–Kier alpha value is -4.32. The van der Waals surface area contributed by atoms with E-state index in [-0.39, 0.29) is 10.9 Å². The van der Waals surface area contributed by atoms with E-state index in [1.807, 2.05) is 36.4 Å². The number of rotatable bonds is 0. The van der Waals surface area contributed by atoms with Gasteiger partial charge < -0.3 is 0 Å². The molecule has 0 bridgehead atoms. The van der Waals surface area contributed by atoms with Crippen LogP contribution in [0, 0.1) is 0 Å². The molecule has 6 heteroatoms. The lowest BCUT2D eigenvalue weighted by atomic mass is 10.2. The molecule has 0 fully saturated rings. The maximum atomic E-state index is 12.8. The fourth-order valence-electron chi connectivity index (χ4n) is 4.33. The zero-order chi connectivity index (χ0) is 20.0. The average Bonchev–Trinajstić information content (AvgIpc) is 3.21. The Morgan fingerprint density at radius 2 is 0.767 bits per heavy atom. The van der Waals surface area contributed by atoms with Crippen molar-refractivity contribution >= 4 is 65.7 Å². The first-order valence-corrected chi connectivity index (χ1v) is 9.51. The zero-order valence-electron chi connectivity index (χ0n) is 15.4. The van der Waals surface area contributed by atoms with Crippen molar-refractivity contribution in [3.8, 4) is 0 Å². The number of hydrogen-bond acceptors (Lipinski definition) is 6. The van der Waals surface area contributed by atoms with E-state index in [9.17, 15) is 9.59 Å². The molecule has 2 heterocycles. The standard InChI is InChI=1S/C24H10N4O2/c29-23-13-7-3-1-5-11(13)19-21(23)27-17-10-16-18(9-15(17)25-19)28-22-20(26-16)12-6-2-4-8-14(12)24(22)30/h1-10H. The van der Waals surface area contributed by atoms with Gasteiger partial charge in [-0.3, -0.25) is 9.59 Å². The van der Waals surface area contributed by atoms with E-state index < -0.39 is 0 Å². The normalized spacial score (nSPS) is 12.3. The molecule has 0 aliphatic heterocycles. The summed E-state index contributed by atoms with van der Waals surface area (Å²) < 4.78 is 0. The third-order valence-corrected chi connectivity index (χ3v) is 5.73. The van der Waals surface area contributed by atoms with Crippen molar-refractivity contribution in [3.05, 3.63) is 81.1 Å². The maximum Gasteiger partial charge on any atom is 0.214 e. The molecular formula is C24H10N4O2. The van der Waals surface area contributed by atoms with Gasteiger partial charge >= 0.3 is 0 Å². The first-order valence-electron chi connectivity index (χ1n) is 9.51. The van der Waals surface area contributed by atoms with Crippen molar-refractivity contribution in [2.24, 2.45) is 0 Å². The van der Waals surface area contributed by atoms with Gasteiger partial charge in [-0.05, 0) is 12.1 Å². The van der Waals surface area contributed by atoms with Crippen LogP contribution in [-0.4, -0.2) is 19.9 Å². The molecule has 0 aliphatic rings. The van der Waals surface area contributed by atoms with E-state index in [0.29, 0.717) is 54.9 Å². The summed E-state index contributed by atoms with van der Waals surface area (Å²) in [7, 11) is 0. The SMILES string of the molecule is O=c1c2ccccc2c2nc3cc4nc5c(=O)c6ccccc6c5nc4cc3nc12. The molecule has 5 aromatic carbocycles. The number of fused-ring (bicyclic) bond motifs is 8. The Morgan fingerprint density at radius 1 is 0.433 bits per heavy atom. The molecule has 0 atom stereocenters. The smallest absolute Gasteiger partial charge is 0.214 e. The summed E-state index contributed by atoms with van der Waals surface area (Å²) in [6.45, 7) is 0. The molecule has 0 N–H and O–H groups in total. The molecule has 0 aliphatic carbocycles. The maximum absolute atomic E-state index is 12.8. The summed E-state index contributed by atoms with van der Waals surface area (Å²) in [6, 6.07) is 18.3. The molecule has 0 radical (unpaired) electrons. The van der Waals surface area contributed by atoms with E-state index >= 15 is 0 Å². The van der Waals surface area contributed by atoms with Crippen LogP contribution in [0.1, 0.15) is 0 Å². The van der Waals surface area contributed by atoms with Gasteiger partial charge in [-0.25, -0.2) is 19.9 Å². The summed E-state index contributed by atoms with van der Waals surface area (Å²) in [6.07, 6.45) is 0. The Labute approximate surface area is 167 Å². The average molecular weight is 386 g/mol. The van der Waals surface area contributed by atoms with Gasteiger partial charge in [0.25, 0.3) is 0 Å². The second-order valence-corrected chi connectivity index (χ2v) is 7.42. The van der Waals surface area contributed by atoms with Gasteiger partial charge in [0, 0.05) is 21.5 Å². The first kappa shape index (κ1) is 15.6. The molecule has 0 saturated carbocycles. The summed E-state index contributed by atoms with van der Waals surface area (Å²) in [5.74, 6) is 0. The molecule has 30 heavy (non-hydrogen) atoms. The lowest BCUT2D eigenvalue weighted by Gasteiger charge is -2.02. The highest BCUT2D eigenvalue weighted by molar-refractivity contribution is 6.12. The Kier molecular flexibility index (Phi) is 2.69. The molecule has 138 valence electrons. The minimum atomic E-state index is -0.116. The highest BCUT2D eigenvalue weighted by atomic mass is 16.1. The van der Waals surface area contributed by atoms with Crippen molar-refractivity contribution in [3.63, 3.8) is 0 Å². The number of nitrogens with zero attached hydrogens (tertiary/aromatic N) is 4. The van der Waals surface area contributed by atoms with Crippen LogP contribution in [0.3, 0.4) is 0 Å².